The van der Waals surface area contributed by atoms with Crippen LogP contribution < -0.4 is 15.5 Å². The summed E-state index contributed by atoms with van der Waals surface area (Å²) in [5.41, 5.74) is 9.51. The van der Waals surface area contributed by atoms with Crippen molar-refractivity contribution in [3.63, 3.8) is 0 Å². The highest BCUT2D eigenvalue weighted by atomic mass is 16.2. The quantitative estimate of drug-likeness (QED) is 0.144. The van der Waals surface area contributed by atoms with Crippen LogP contribution in [0.15, 0.2) is 122 Å². The highest BCUT2D eigenvalue weighted by Crippen LogP contribution is 2.39. The Labute approximate surface area is 312 Å². The van der Waals surface area contributed by atoms with E-state index < -0.39 is 0 Å². The molecule has 0 saturated heterocycles. The number of allylic oxidation sites excluding steroid dienone is 2. The first kappa shape index (κ1) is 41.2. The molecule has 0 radical (unpaired) electrons. The molecule has 274 valence electrons. The number of rotatable bonds is 12. The van der Waals surface area contributed by atoms with Crippen molar-refractivity contribution in [3.8, 4) is 0 Å². The van der Waals surface area contributed by atoms with Crippen LogP contribution in [0, 0.1) is 18.8 Å². The van der Waals surface area contributed by atoms with Crippen LogP contribution in [0.4, 0.5) is 16.2 Å². The number of amides is 2. The van der Waals surface area contributed by atoms with Crippen molar-refractivity contribution in [2.45, 2.75) is 80.2 Å². The second-order valence-electron chi connectivity index (χ2n) is 13.6. The summed E-state index contributed by atoms with van der Waals surface area (Å²) in [6, 6.07) is 34.2. The smallest absolute Gasteiger partial charge is 0.319 e. The first-order chi connectivity index (χ1) is 24.9. The number of hydrogen-bond acceptors (Lipinski definition) is 4. The molecule has 2 N–H and O–H groups in total. The zero-order valence-corrected chi connectivity index (χ0v) is 32.0. The third-order valence-corrected chi connectivity index (χ3v) is 9.40. The third kappa shape index (κ3) is 13.1. The van der Waals surface area contributed by atoms with E-state index in [0.717, 1.165) is 35.4 Å². The van der Waals surface area contributed by atoms with Gasteiger partial charge in [0.15, 0.2) is 5.78 Å². The van der Waals surface area contributed by atoms with E-state index in [0.29, 0.717) is 24.8 Å². The van der Waals surface area contributed by atoms with Gasteiger partial charge in [0.1, 0.15) is 5.78 Å². The summed E-state index contributed by atoms with van der Waals surface area (Å²) in [5.74, 6) is 1.54. The molecular formula is C46H57N3O3. The van der Waals surface area contributed by atoms with Gasteiger partial charge in [-0.05, 0) is 86.9 Å². The lowest BCUT2D eigenvalue weighted by molar-refractivity contribution is -0.116. The van der Waals surface area contributed by atoms with Crippen LogP contribution in [0.25, 0.3) is 5.57 Å². The van der Waals surface area contributed by atoms with Gasteiger partial charge < -0.3 is 20.3 Å². The number of nitrogens with one attached hydrogen (secondary N) is 2. The predicted octanol–water partition coefficient (Wildman–Crippen LogP) is 11.2. The monoisotopic (exact) mass is 699 g/mol. The topological polar surface area (TPSA) is 78.5 Å². The lowest BCUT2D eigenvalue weighted by Gasteiger charge is -2.33. The molecule has 0 aromatic heterocycles. The number of carbonyl (C=O) groups excluding carboxylic acids is 3. The molecule has 6 heteroatoms. The Balaban J connectivity index is 0.000000354. The molecule has 0 spiro atoms. The van der Waals surface area contributed by atoms with Crippen molar-refractivity contribution in [2.24, 2.45) is 11.8 Å². The average Bonchev–Trinajstić information content (AvgIpc) is 3.58. The number of anilines is 2. The van der Waals surface area contributed by atoms with Gasteiger partial charge >= 0.3 is 6.03 Å². The number of ketones is 2. The molecule has 4 aromatic carbocycles. The first-order valence-electron chi connectivity index (χ1n) is 18.4. The Kier molecular flexibility index (Phi) is 16.8. The minimum atomic E-state index is -0.182. The zero-order chi connectivity index (χ0) is 38.0. The van der Waals surface area contributed by atoms with Gasteiger partial charge in [-0.25, -0.2) is 4.79 Å². The van der Waals surface area contributed by atoms with Crippen molar-refractivity contribution >= 4 is 34.5 Å². The van der Waals surface area contributed by atoms with E-state index in [9.17, 15) is 14.4 Å². The Bertz CT molecular complexity index is 1750. The highest BCUT2D eigenvalue weighted by molar-refractivity contribution is 5.98. The summed E-state index contributed by atoms with van der Waals surface area (Å²) < 4.78 is 0. The molecule has 0 heterocycles. The fourth-order valence-corrected chi connectivity index (χ4v) is 6.23. The molecular weight excluding hydrogens is 643 g/mol. The Morgan fingerprint density at radius 2 is 1.37 bits per heavy atom. The van der Waals surface area contributed by atoms with Crippen molar-refractivity contribution < 1.29 is 14.4 Å². The van der Waals surface area contributed by atoms with Gasteiger partial charge in [-0.2, -0.15) is 0 Å². The summed E-state index contributed by atoms with van der Waals surface area (Å²) >= 11 is 0. The second-order valence-corrected chi connectivity index (χ2v) is 13.6. The van der Waals surface area contributed by atoms with Crippen LogP contribution in [0.2, 0.25) is 0 Å². The van der Waals surface area contributed by atoms with E-state index >= 15 is 0 Å². The molecule has 0 aliphatic heterocycles. The summed E-state index contributed by atoms with van der Waals surface area (Å²) in [7, 11) is 0. The van der Waals surface area contributed by atoms with Gasteiger partial charge in [0.25, 0.3) is 0 Å². The second kappa shape index (κ2) is 21.2. The molecule has 52 heavy (non-hydrogen) atoms. The number of urea groups is 1. The molecule has 2 atom stereocenters. The predicted molar refractivity (Wildman–Crippen MR) is 219 cm³/mol. The van der Waals surface area contributed by atoms with Crippen LogP contribution in [0.1, 0.15) is 92.9 Å². The molecule has 6 nitrogen and oxygen atoms in total. The molecule has 1 aliphatic rings. The number of hydrogen-bond donors (Lipinski definition) is 2. The van der Waals surface area contributed by atoms with Crippen LogP contribution in [0.5, 0.6) is 0 Å². The number of para-hydroxylation sites is 1. The summed E-state index contributed by atoms with van der Waals surface area (Å²) in [6.07, 6.45) is 5.25. The Morgan fingerprint density at radius 3 is 1.90 bits per heavy atom. The summed E-state index contributed by atoms with van der Waals surface area (Å²) in [6.45, 7) is 21.2. The largest absolute Gasteiger partial charge is 0.341 e. The fourth-order valence-electron chi connectivity index (χ4n) is 6.23. The van der Waals surface area contributed by atoms with Gasteiger partial charge in [-0.15, -0.1) is 0 Å². The minimum Gasteiger partial charge on any atom is -0.341 e. The van der Waals surface area contributed by atoms with Gasteiger partial charge in [0.2, 0.25) is 0 Å². The average molecular weight is 700 g/mol. The standard InChI is InChI=1S/C31H37N3O.C11H12O.C4H8O/c1-23-11-9-14-29(23)25(3)34(30-15-8-7-10-24(30)2)22-27-16-18-28(19-17-27)33-31(35)32-21-20-26-12-5-4-6-13-26;1-8(2)10-6-4-5-7-11(10)9(3)12;1-3-4(2)5/h4-8,10,12-13,15-19,23,29H,3,9,11,14,20-22H2,1-2H3,(H2,32,33,35);4-7H,1H2,2-3H3;3H2,1-2H3/t23-,29?;;/m1../s1. The molecule has 1 unspecified atom stereocenters. The van der Waals surface area contributed by atoms with Gasteiger partial charge in [-0.3, -0.25) is 4.79 Å². The number of benzene rings is 4. The molecule has 1 saturated carbocycles. The minimum absolute atomic E-state index is 0.0913. The lowest BCUT2D eigenvalue weighted by Crippen LogP contribution is -2.30. The zero-order valence-electron chi connectivity index (χ0n) is 32.0. The van der Waals surface area contributed by atoms with Gasteiger partial charge in [0, 0.05) is 48.1 Å². The summed E-state index contributed by atoms with van der Waals surface area (Å²) in [5, 5.41) is 5.88. The van der Waals surface area contributed by atoms with Crippen molar-refractivity contribution in [1.29, 1.82) is 0 Å². The molecule has 5 rings (SSSR count). The Morgan fingerprint density at radius 1 is 0.769 bits per heavy atom. The maximum Gasteiger partial charge on any atom is 0.319 e. The van der Waals surface area contributed by atoms with Gasteiger partial charge in [0.05, 0.1) is 0 Å². The van der Waals surface area contributed by atoms with Crippen LogP contribution >= 0.6 is 0 Å². The number of nitrogens with zero attached hydrogens (tertiary/aromatic N) is 1. The SMILES string of the molecule is C=C(C)c1ccccc1C(C)=O.C=C(C1CCC[C@H]1C)N(Cc1ccc(NC(=O)NCCc2ccccc2)cc1)c1ccccc1C.CCC(C)=O. The van der Waals surface area contributed by atoms with Crippen LogP contribution in [-0.4, -0.2) is 24.1 Å². The van der Waals surface area contributed by atoms with Crippen molar-refractivity contribution in [1.82, 2.24) is 5.32 Å². The third-order valence-electron chi connectivity index (χ3n) is 9.40. The first-order valence-corrected chi connectivity index (χ1v) is 18.4. The normalized spacial score (nSPS) is 14.4. The summed E-state index contributed by atoms with van der Waals surface area (Å²) in [4.78, 5) is 35.6. The molecule has 1 fully saturated rings. The maximum atomic E-state index is 12.3. The van der Waals surface area contributed by atoms with E-state index in [1.807, 2.05) is 68.4 Å². The van der Waals surface area contributed by atoms with Crippen molar-refractivity contribution in [2.75, 3.05) is 16.8 Å². The van der Waals surface area contributed by atoms with E-state index in [4.69, 9.17) is 0 Å². The van der Waals surface area contributed by atoms with E-state index in [-0.39, 0.29) is 17.6 Å². The lowest BCUT2D eigenvalue weighted by atomic mass is 9.93. The fraction of sp³-hybridized carbons (Fsp3) is 0.326. The van der Waals surface area contributed by atoms with E-state index in [2.05, 4.69) is 91.1 Å². The Hall–Kier alpha value is -5.23. The molecule has 2 amide bonds. The van der Waals surface area contributed by atoms with E-state index in [1.54, 1.807) is 13.8 Å². The number of carbonyl (C=O) groups is 3. The maximum absolute atomic E-state index is 12.3. The van der Waals surface area contributed by atoms with Crippen LogP contribution in [0.3, 0.4) is 0 Å². The van der Waals surface area contributed by atoms with Gasteiger partial charge in [-0.1, -0.05) is 130 Å². The van der Waals surface area contributed by atoms with Crippen molar-refractivity contribution in [3.05, 3.63) is 150 Å². The molecule has 0 bridgehead atoms. The van der Waals surface area contributed by atoms with Crippen LogP contribution in [-0.2, 0) is 17.8 Å². The molecule has 4 aromatic rings. The molecule has 1 aliphatic carbocycles. The number of aryl methyl sites for hydroxylation is 1. The van der Waals surface area contributed by atoms with E-state index in [1.165, 1.54) is 47.3 Å². The highest BCUT2D eigenvalue weighted by Gasteiger charge is 2.29. The number of Topliss-reactive ketones (excluding diaryl/α,β-unsaturated/α-hetero) is 2.